The second kappa shape index (κ2) is 7.97. The van der Waals surface area contributed by atoms with Gasteiger partial charge in [0.1, 0.15) is 0 Å². The number of nitrogens with zero attached hydrogens (tertiary/aromatic N) is 1. The number of hydrogen-bond donors (Lipinski definition) is 1. The first-order valence-electron chi connectivity index (χ1n) is 6.62. The summed E-state index contributed by atoms with van der Waals surface area (Å²) >= 11 is 15.3. The van der Waals surface area contributed by atoms with Crippen molar-refractivity contribution in [1.82, 2.24) is 4.90 Å². The van der Waals surface area contributed by atoms with E-state index < -0.39 is 0 Å². The molecule has 0 bridgehead atoms. The van der Waals surface area contributed by atoms with Crippen molar-refractivity contribution >= 4 is 50.7 Å². The molecule has 3 nitrogen and oxygen atoms in total. The molecule has 22 heavy (non-hydrogen) atoms. The molecule has 116 valence electrons. The molecule has 0 aliphatic rings. The third-order valence-electron chi connectivity index (χ3n) is 2.98. The van der Waals surface area contributed by atoms with E-state index in [0.717, 1.165) is 10.0 Å². The number of rotatable bonds is 5. The topological polar surface area (TPSA) is 32.3 Å². The van der Waals surface area contributed by atoms with Gasteiger partial charge in [0.2, 0.25) is 5.91 Å². The second-order valence-corrected chi connectivity index (χ2v) is 6.73. The summed E-state index contributed by atoms with van der Waals surface area (Å²) in [5.41, 5.74) is 1.70. The van der Waals surface area contributed by atoms with Gasteiger partial charge in [-0.15, -0.1) is 0 Å². The van der Waals surface area contributed by atoms with Gasteiger partial charge in [-0.05, 0) is 42.9 Å². The number of nitrogens with one attached hydrogen (secondary N) is 1. The number of hydrogen-bond acceptors (Lipinski definition) is 2. The molecule has 0 unspecified atom stereocenters. The van der Waals surface area contributed by atoms with Crippen LogP contribution >= 0.6 is 39.1 Å². The molecule has 1 amide bonds. The number of carbonyl (C=O) groups excluding carboxylic acids is 1. The molecule has 0 saturated heterocycles. The maximum Gasteiger partial charge on any atom is 0.238 e. The summed E-state index contributed by atoms with van der Waals surface area (Å²) < 4.78 is 1.04. The van der Waals surface area contributed by atoms with E-state index in [1.165, 1.54) is 0 Å². The molecule has 0 atom stereocenters. The molecule has 0 aromatic heterocycles. The number of likely N-dealkylation sites (N-methyl/N-ethyl adjacent to an activating group) is 1. The Labute approximate surface area is 148 Å². The highest BCUT2D eigenvalue weighted by Gasteiger charge is 2.09. The Morgan fingerprint density at radius 3 is 2.50 bits per heavy atom. The molecule has 2 aromatic rings. The van der Waals surface area contributed by atoms with Crippen LogP contribution in [-0.4, -0.2) is 24.4 Å². The SMILES string of the molecule is CN(CC(=O)Nc1ccc(Cl)cc1Cl)Cc1ccc(Br)cc1. The molecular formula is C16H15BrCl2N2O. The van der Waals surface area contributed by atoms with Gasteiger partial charge in [-0.3, -0.25) is 9.69 Å². The Kier molecular flexibility index (Phi) is 6.26. The molecule has 1 N–H and O–H groups in total. The van der Waals surface area contributed by atoms with Crippen LogP contribution < -0.4 is 5.32 Å². The lowest BCUT2D eigenvalue weighted by Gasteiger charge is -2.17. The summed E-state index contributed by atoms with van der Waals surface area (Å²) in [5, 5.41) is 3.75. The van der Waals surface area contributed by atoms with Crippen molar-refractivity contribution in [2.45, 2.75) is 6.54 Å². The van der Waals surface area contributed by atoms with Gasteiger partial charge in [0.25, 0.3) is 0 Å². The fourth-order valence-corrected chi connectivity index (χ4v) is 2.70. The Morgan fingerprint density at radius 1 is 1.18 bits per heavy atom. The summed E-state index contributed by atoms with van der Waals surface area (Å²) in [4.78, 5) is 14.0. The van der Waals surface area contributed by atoms with Gasteiger partial charge in [-0.25, -0.2) is 0 Å². The van der Waals surface area contributed by atoms with E-state index in [4.69, 9.17) is 23.2 Å². The van der Waals surface area contributed by atoms with Gasteiger partial charge in [-0.1, -0.05) is 51.3 Å². The number of halogens is 3. The largest absolute Gasteiger partial charge is 0.324 e. The fourth-order valence-electron chi connectivity index (χ4n) is 1.98. The molecule has 2 aromatic carbocycles. The molecule has 0 radical (unpaired) electrons. The molecular weight excluding hydrogens is 387 g/mol. The van der Waals surface area contributed by atoms with E-state index in [0.29, 0.717) is 22.3 Å². The van der Waals surface area contributed by atoms with Gasteiger partial charge in [0, 0.05) is 16.0 Å². The van der Waals surface area contributed by atoms with Crippen LogP contribution in [0.3, 0.4) is 0 Å². The maximum absolute atomic E-state index is 12.1. The molecule has 0 spiro atoms. The number of benzene rings is 2. The van der Waals surface area contributed by atoms with Crippen LogP contribution in [0.1, 0.15) is 5.56 Å². The van der Waals surface area contributed by atoms with Crippen LogP contribution in [0.25, 0.3) is 0 Å². The normalized spacial score (nSPS) is 10.8. The number of anilines is 1. The zero-order valence-corrected chi connectivity index (χ0v) is 15.0. The third-order valence-corrected chi connectivity index (χ3v) is 4.06. The van der Waals surface area contributed by atoms with Crippen molar-refractivity contribution < 1.29 is 4.79 Å². The van der Waals surface area contributed by atoms with E-state index in [1.54, 1.807) is 18.2 Å². The lowest BCUT2D eigenvalue weighted by atomic mass is 10.2. The molecule has 0 saturated carbocycles. The Morgan fingerprint density at radius 2 is 1.86 bits per heavy atom. The van der Waals surface area contributed by atoms with E-state index in [9.17, 15) is 4.79 Å². The average Bonchev–Trinajstić information content (AvgIpc) is 2.44. The summed E-state index contributed by atoms with van der Waals surface area (Å²) in [5.74, 6) is -0.121. The predicted molar refractivity (Wildman–Crippen MR) is 95.6 cm³/mol. The molecule has 6 heteroatoms. The van der Waals surface area contributed by atoms with Crippen molar-refractivity contribution in [3.8, 4) is 0 Å². The summed E-state index contributed by atoms with van der Waals surface area (Å²) in [6.45, 7) is 0.962. The van der Waals surface area contributed by atoms with E-state index in [-0.39, 0.29) is 12.5 Å². The maximum atomic E-state index is 12.1. The minimum Gasteiger partial charge on any atom is -0.324 e. The van der Waals surface area contributed by atoms with E-state index in [1.807, 2.05) is 36.2 Å². The molecule has 0 heterocycles. The zero-order chi connectivity index (χ0) is 16.1. The highest BCUT2D eigenvalue weighted by molar-refractivity contribution is 9.10. The standard InChI is InChI=1S/C16H15BrCl2N2O/c1-21(9-11-2-4-12(17)5-3-11)10-16(22)20-15-7-6-13(18)8-14(15)19/h2-8H,9-10H2,1H3,(H,20,22). The zero-order valence-electron chi connectivity index (χ0n) is 11.9. The monoisotopic (exact) mass is 400 g/mol. The van der Waals surface area contributed by atoms with Crippen LogP contribution in [0.15, 0.2) is 46.9 Å². The minimum absolute atomic E-state index is 0.121. The first-order valence-corrected chi connectivity index (χ1v) is 8.17. The van der Waals surface area contributed by atoms with Crippen molar-refractivity contribution in [2.75, 3.05) is 18.9 Å². The first-order chi connectivity index (χ1) is 10.4. The van der Waals surface area contributed by atoms with Gasteiger partial charge >= 0.3 is 0 Å². The molecule has 0 aliphatic carbocycles. The number of amides is 1. The smallest absolute Gasteiger partial charge is 0.238 e. The van der Waals surface area contributed by atoms with Crippen LogP contribution in [0, 0.1) is 0 Å². The van der Waals surface area contributed by atoms with Crippen LogP contribution in [0.5, 0.6) is 0 Å². The highest BCUT2D eigenvalue weighted by Crippen LogP contribution is 2.25. The minimum atomic E-state index is -0.121. The lowest BCUT2D eigenvalue weighted by molar-refractivity contribution is -0.117. The molecule has 0 fully saturated rings. The molecule has 2 rings (SSSR count). The van der Waals surface area contributed by atoms with Gasteiger partial charge in [0.05, 0.1) is 17.3 Å². The van der Waals surface area contributed by atoms with E-state index in [2.05, 4.69) is 21.2 Å². The van der Waals surface area contributed by atoms with Crippen molar-refractivity contribution in [1.29, 1.82) is 0 Å². The average molecular weight is 402 g/mol. The fraction of sp³-hybridized carbons (Fsp3) is 0.188. The third kappa shape index (κ3) is 5.29. The van der Waals surface area contributed by atoms with Crippen LogP contribution in [0.4, 0.5) is 5.69 Å². The summed E-state index contributed by atoms with van der Waals surface area (Å²) in [6, 6.07) is 13.0. The Balaban J connectivity index is 1.89. The van der Waals surface area contributed by atoms with Crippen molar-refractivity contribution in [3.63, 3.8) is 0 Å². The van der Waals surface area contributed by atoms with Crippen molar-refractivity contribution in [2.24, 2.45) is 0 Å². The van der Waals surface area contributed by atoms with Crippen LogP contribution in [0.2, 0.25) is 10.0 Å². The van der Waals surface area contributed by atoms with Crippen molar-refractivity contribution in [3.05, 3.63) is 62.5 Å². The van der Waals surface area contributed by atoms with Crippen LogP contribution in [-0.2, 0) is 11.3 Å². The van der Waals surface area contributed by atoms with Gasteiger partial charge in [-0.2, -0.15) is 0 Å². The Bertz CT molecular complexity index is 662. The van der Waals surface area contributed by atoms with E-state index >= 15 is 0 Å². The molecule has 0 aliphatic heterocycles. The quantitative estimate of drug-likeness (QED) is 0.778. The summed E-state index contributed by atoms with van der Waals surface area (Å²) in [7, 11) is 1.89. The highest BCUT2D eigenvalue weighted by atomic mass is 79.9. The van der Waals surface area contributed by atoms with Gasteiger partial charge in [0.15, 0.2) is 0 Å². The summed E-state index contributed by atoms with van der Waals surface area (Å²) in [6.07, 6.45) is 0. The lowest BCUT2D eigenvalue weighted by Crippen LogP contribution is -2.29. The Hall–Kier alpha value is -1.07. The number of carbonyl (C=O) groups is 1. The second-order valence-electron chi connectivity index (χ2n) is 4.97. The van der Waals surface area contributed by atoms with Gasteiger partial charge < -0.3 is 5.32 Å². The predicted octanol–water partition coefficient (Wildman–Crippen LogP) is 4.83. The first kappa shape index (κ1) is 17.3.